The predicted molar refractivity (Wildman–Crippen MR) is 89.2 cm³/mol. The number of nitrogens with one attached hydrogen (secondary N) is 1. The first-order chi connectivity index (χ1) is 11.5. The molecule has 1 atom stereocenters. The van der Waals surface area contributed by atoms with E-state index in [0.717, 1.165) is 5.56 Å². The van der Waals surface area contributed by atoms with Gasteiger partial charge in [0.05, 0.1) is 12.5 Å². The SMILES string of the molecule is CC(=O)NC(CC(=O)N1CCC(CC(=O)O)CC1)c1ccccc1. The maximum Gasteiger partial charge on any atom is 0.303 e. The van der Waals surface area contributed by atoms with Gasteiger partial charge in [-0.25, -0.2) is 0 Å². The third-order valence-corrected chi connectivity index (χ3v) is 4.39. The predicted octanol–water partition coefficient (Wildman–Crippen LogP) is 1.97. The summed E-state index contributed by atoms with van der Waals surface area (Å²) in [5.41, 5.74) is 0.904. The molecule has 0 saturated carbocycles. The summed E-state index contributed by atoms with van der Waals surface area (Å²) in [6.07, 6.45) is 1.82. The molecule has 2 N–H and O–H groups in total. The molecule has 0 bridgehead atoms. The molecule has 1 saturated heterocycles. The second-order valence-electron chi connectivity index (χ2n) is 6.29. The van der Waals surface area contributed by atoms with E-state index < -0.39 is 5.97 Å². The van der Waals surface area contributed by atoms with Crippen LogP contribution in [0.25, 0.3) is 0 Å². The normalized spacial score (nSPS) is 16.5. The number of nitrogens with zero attached hydrogens (tertiary/aromatic N) is 1. The molecule has 1 unspecified atom stereocenters. The second-order valence-corrected chi connectivity index (χ2v) is 6.29. The quantitative estimate of drug-likeness (QED) is 0.834. The Labute approximate surface area is 141 Å². The molecule has 1 aromatic carbocycles. The zero-order chi connectivity index (χ0) is 17.5. The van der Waals surface area contributed by atoms with Gasteiger partial charge in [0, 0.05) is 26.4 Å². The average Bonchev–Trinajstić information content (AvgIpc) is 2.54. The minimum Gasteiger partial charge on any atom is -0.481 e. The lowest BCUT2D eigenvalue weighted by Crippen LogP contribution is -2.41. The van der Waals surface area contributed by atoms with Crippen molar-refractivity contribution in [3.8, 4) is 0 Å². The van der Waals surface area contributed by atoms with Gasteiger partial charge in [-0.2, -0.15) is 0 Å². The van der Waals surface area contributed by atoms with E-state index in [1.165, 1.54) is 6.92 Å². The van der Waals surface area contributed by atoms with E-state index in [2.05, 4.69) is 5.32 Å². The Kier molecular flexibility index (Phi) is 6.35. The first-order valence-electron chi connectivity index (χ1n) is 8.27. The fourth-order valence-electron chi connectivity index (χ4n) is 3.12. The van der Waals surface area contributed by atoms with Crippen LogP contribution >= 0.6 is 0 Å². The van der Waals surface area contributed by atoms with Crippen molar-refractivity contribution in [2.45, 2.75) is 38.6 Å². The van der Waals surface area contributed by atoms with Crippen LogP contribution in [0.2, 0.25) is 0 Å². The number of benzene rings is 1. The highest BCUT2D eigenvalue weighted by Gasteiger charge is 2.26. The number of hydrogen-bond acceptors (Lipinski definition) is 3. The first kappa shape index (κ1) is 18.0. The molecule has 1 aliphatic heterocycles. The number of carboxylic acids is 1. The Balaban J connectivity index is 1.93. The minimum atomic E-state index is -0.783. The molecule has 0 radical (unpaired) electrons. The third kappa shape index (κ3) is 5.37. The monoisotopic (exact) mass is 332 g/mol. The van der Waals surface area contributed by atoms with Crippen LogP contribution in [0.4, 0.5) is 0 Å². The largest absolute Gasteiger partial charge is 0.481 e. The maximum absolute atomic E-state index is 12.6. The number of aliphatic carboxylic acids is 1. The molecule has 1 aromatic rings. The van der Waals surface area contributed by atoms with Gasteiger partial charge >= 0.3 is 5.97 Å². The fourth-order valence-corrected chi connectivity index (χ4v) is 3.12. The minimum absolute atomic E-state index is 0.00798. The molecule has 6 heteroatoms. The second kappa shape index (κ2) is 8.47. The Morgan fingerprint density at radius 3 is 2.38 bits per heavy atom. The number of carbonyl (C=O) groups is 3. The molecule has 130 valence electrons. The Morgan fingerprint density at radius 2 is 1.83 bits per heavy atom. The van der Waals surface area contributed by atoms with E-state index in [-0.39, 0.29) is 36.6 Å². The summed E-state index contributed by atoms with van der Waals surface area (Å²) >= 11 is 0. The molecular weight excluding hydrogens is 308 g/mol. The molecule has 1 heterocycles. The lowest BCUT2D eigenvalue weighted by atomic mass is 9.93. The van der Waals surface area contributed by atoms with Crippen LogP contribution in [0.5, 0.6) is 0 Å². The Morgan fingerprint density at radius 1 is 1.21 bits per heavy atom. The van der Waals surface area contributed by atoms with Crippen molar-refractivity contribution in [2.24, 2.45) is 5.92 Å². The van der Waals surface area contributed by atoms with Gasteiger partial charge in [-0.3, -0.25) is 14.4 Å². The summed E-state index contributed by atoms with van der Waals surface area (Å²) in [6.45, 7) is 2.61. The van der Waals surface area contributed by atoms with Crippen LogP contribution < -0.4 is 5.32 Å². The summed E-state index contributed by atoms with van der Waals surface area (Å²) in [7, 11) is 0. The molecule has 2 rings (SSSR count). The van der Waals surface area contributed by atoms with E-state index in [9.17, 15) is 14.4 Å². The number of rotatable bonds is 6. The maximum atomic E-state index is 12.6. The van der Waals surface area contributed by atoms with Crippen LogP contribution in [0, 0.1) is 5.92 Å². The van der Waals surface area contributed by atoms with Crippen molar-refractivity contribution in [1.82, 2.24) is 10.2 Å². The van der Waals surface area contributed by atoms with Gasteiger partial charge < -0.3 is 15.3 Å². The van der Waals surface area contributed by atoms with Crippen LogP contribution in [-0.2, 0) is 14.4 Å². The Bertz CT molecular complexity index is 580. The number of amides is 2. The average molecular weight is 332 g/mol. The van der Waals surface area contributed by atoms with Crippen LogP contribution in [0.1, 0.15) is 44.2 Å². The van der Waals surface area contributed by atoms with Crippen LogP contribution in [0.3, 0.4) is 0 Å². The number of carboxylic acid groups (broad SMARTS) is 1. The highest BCUT2D eigenvalue weighted by Crippen LogP contribution is 2.23. The van der Waals surface area contributed by atoms with Gasteiger partial charge in [-0.1, -0.05) is 30.3 Å². The summed E-state index contributed by atoms with van der Waals surface area (Å²) in [4.78, 5) is 36.5. The van der Waals surface area contributed by atoms with Crippen LogP contribution in [-0.4, -0.2) is 40.9 Å². The summed E-state index contributed by atoms with van der Waals surface area (Å²) in [6, 6.07) is 9.11. The van der Waals surface area contributed by atoms with Crippen molar-refractivity contribution in [1.29, 1.82) is 0 Å². The van der Waals surface area contributed by atoms with Crippen molar-refractivity contribution in [2.75, 3.05) is 13.1 Å². The lowest BCUT2D eigenvalue weighted by molar-refractivity contribution is -0.138. The molecule has 24 heavy (non-hydrogen) atoms. The molecule has 1 fully saturated rings. The first-order valence-corrected chi connectivity index (χ1v) is 8.27. The van der Waals surface area contributed by atoms with E-state index in [4.69, 9.17) is 5.11 Å². The molecule has 1 aliphatic rings. The standard InChI is InChI=1S/C18H24N2O4/c1-13(21)19-16(15-5-3-2-4-6-15)12-17(22)20-9-7-14(8-10-20)11-18(23)24/h2-6,14,16H,7-12H2,1H3,(H,19,21)(H,23,24). The number of piperidine rings is 1. The summed E-state index contributed by atoms with van der Waals surface area (Å²) in [5, 5.41) is 11.7. The fraction of sp³-hybridized carbons (Fsp3) is 0.500. The Hall–Kier alpha value is -2.37. The van der Waals surface area contributed by atoms with Crippen molar-refractivity contribution in [3.63, 3.8) is 0 Å². The lowest BCUT2D eigenvalue weighted by Gasteiger charge is -2.32. The van der Waals surface area contributed by atoms with E-state index in [1.807, 2.05) is 30.3 Å². The van der Waals surface area contributed by atoms with Crippen molar-refractivity contribution >= 4 is 17.8 Å². The van der Waals surface area contributed by atoms with Crippen molar-refractivity contribution < 1.29 is 19.5 Å². The number of likely N-dealkylation sites (tertiary alicyclic amines) is 1. The molecule has 2 amide bonds. The van der Waals surface area contributed by atoms with Crippen molar-refractivity contribution in [3.05, 3.63) is 35.9 Å². The van der Waals surface area contributed by atoms with Gasteiger partial charge in [0.15, 0.2) is 0 Å². The third-order valence-electron chi connectivity index (χ3n) is 4.39. The molecule has 0 aliphatic carbocycles. The molecule has 0 aromatic heterocycles. The van der Waals surface area contributed by atoms with Gasteiger partial charge in [0.2, 0.25) is 11.8 Å². The van der Waals surface area contributed by atoms with Gasteiger partial charge in [0.1, 0.15) is 0 Å². The van der Waals surface area contributed by atoms with E-state index in [1.54, 1.807) is 4.90 Å². The number of carbonyl (C=O) groups excluding carboxylic acids is 2. The van der Waals surface area contributed by atoms with E-state index >= 15 is 0 Å². The van der Waals surface area contributed by atoms with Gasteiger partial charge in [-0.05, 0) is 24.3 Å². The highest BCUT2D eigenvalue weighted by atomic mass is 16.4. The zero-order valence-corrected chi connectivity index (χ0v) is 13.9. The molecular formula is C18H24N2O4. The molecule has 0 spiro atoms. The van der Waals surface area contributed by atoms with Crippen LogP contribution in [0.15, 0.2) is 30.3 Å². The topological polar surface area (TPSA) is 86.7 Å². The zero-order valence-electron chi connectivity index (χ0n) is 13.9. The highest BCUT2D eigenvalue weighted by molar-refractivity contribution is 5.79. The van der Waals surface area contributed by atoms with Gasteiger partial charge in [0.25, 0.3) is 0 Å². The summed E-state index contributed by atoms with van der Waals surface area (Å²) < 4.78 is 0. The van der Waals surface area contributed by atoms with E-state index in [0.29, 0.717) is 25.9 Å². The van der Waals surface area contributed by atoms with Gasteiger partial charge in [-0.15, -0.1) is 0 Å². The number of hydrogen-bond donors (Lipinski definition) is 2. The molecule has 6 nitrogen and oxygen atoms in total. The summed E-state index contributed by atoms with van der Waals surface area (Å²) in [5.74, 6) is -0.815. The smallest absolute Gasteiger partial charge is 0.303 e.